The molecule has 1 saturated carbocycles. The number of benzene rings is 3. The Morgan fingerprint density at radius 2 is 1.48 bits per heavy atom. The summed E-state index contributed by atoms with van der Waals surface area (Å²) >= 11 is 14.3. The highest BCUT2D eigenvalue weighted by Gasteiger charge is 2.77. The summed E-state index contributed by atoms with van der Waals surface area (Å²) in [5.74, 6) is -21.7. The molecular formula is C36H25Cl2F5N2O5. The number of amides is 4. The normalized spacial score (nSPS) is 28.8. The smallest absolute Gasteiger partial charge is 0.258 e. The summed E-state index contributed by atoms with van der Waals surface area (Å²) in [6, 6.07) is 13.1. The second-order valence-corrected chi connectivity index (χ2v) is 14.0. The Bertz CT molecular complexity index is 2050. The van der Waals surface area contributed by atoms with Crippen LogP contribution in [0.5, 0.6) is 5.75 Å². The van der Waals surface area contributed by atoms with E-state index in [1.165, 1.54) is 18.2 Å². The number of phenols is 1. The van der Waals surface area contributed by atoms with Gasteiger partial charge in [0.05, 0.1) is 18.4 Å². The molecule has 7 rings (SSSR count). The van der Waals surface area contributed by atoms with Crippen molar-refractivity contribution in [2.75, 3.05) is 4.90 Å². The highest BCUT2D eigenvalue weighted by molar-refractivity contribution is 6.58. The van der Waals surface area contributed by atoms with Gasteiger partial charge in [-0.05, 0) is 36.3 Å². The Labute approximate surface area is 291 Å². The number of alkyl halides is 2. The van der Waals surface area contributed by atoms with Gasteiger partial charge in [0.25, 0.3) is 11.8 Å². The number of hydrogen-bond donors (Lipinski definition) is 1. The van der Waals surface area contributed by atoms with Crippen LogP contribution in [0.25, 0.3) is 0 Å². The fourth-order valence-corrected chi connectivity index (χ4v) is 8.99. The minimum absolute atomic E-state index is 0.0122. The maximum absolute atomic E-state index is 15.2. The number of halogens is 7. The van der Waals surface area contributed by atoms with Crippen molar-refractivity contribution >= 4 is 52.5 Å². The van der Waals surface area contributed by atoms with Crippen molar-refractivity contribution in [1.29, 1.82) is 0 Å². The van der Waals surface area contributed by atoms with E-state index in [0.717, 1.165) is 4.90 Å². The molecular weight excluding hydrogens is 706 g/mol. The molecule has 2 aliphatic heterocycles. The van der Waals surface area contributed by atoms with Crippen molar-refractivity contribution in [2.45, 2.75) is 41.5 Å². The lowest BCUT2D eigenvalue weighted by molar-refractivity contribution is -0.141. The van der Waals surface area contributed by atoms with Crippen LogP contribution in [0.2, 0.25) is 0 Å². The van der Waals surface area contributed by atoms with Gasteiger partial charge >= 0.3 is 0 Å². The van der Waals surface area contributed by atoms with E-state index in [2.05, 4.69) is 6.58 Å². The highest BCUT2D eigenvalue weighted by atomic mass is 35.5. The number of allylic oxidation sites excluding steroid dienone is 3. The number of imide groups is 2. The molecule has 2 heterocycles. The number of aromatic hydroxyl groups is 1. The molecule has 0 spiro atoms. The lowest BCUT2D eigenvalue weighted by Crippen LogP contribution is -2.60. The fraction of sp³-hybridized carbons (Fsp3) is 0.278. The maximum Gasteiger partial charge on any atom is 0.258 e. The van der Waals surface area contributed by atoms with Crippen LogP contribution in [0, 0.1) is 46.8 Å². The van der Waals surface area contributed by atoms with E-state index < -0.39 is 104 Å². The van der Waals surface area contributed by atoms with Gasteiger partial charge in [0, 0.05) is 11.5 Å². The second kappa shape index (κ2) is 11.8. The van der Waals surface area contributed by atoms with E-state index in [4.69, 9.17) is 23.2 Å². The fourth-order valence-electron chi connectivity index (χ4n) is 8.06. The molecule has 4 amide bonds. The molecule has 2 saturated heterocycles. The molecule has 0 aromatic heterocycles. The molecule has 4 aliphatic rings. The van der Waals surface area contributed by atoms with Crippen LogP contribution in [0.15, 0.2) is 72.8 Å². The molecule has 0 bridgehead atoms. The van der Waals surface area contributed by atoms with E-state index >= 15 is 8.78 Å². The molecule has 14 heteroatoms. The summed E-state index contributed by atoms with van der Waals surface area (Å²) in [4.78, 5) is 52.0. The molecule has 7 nitrogen and oxygen atoms in total. The number of nitrogens with zero attached hydrogens (tertiary/aromatic N) is 2. The summed E-state index contributed by atoms with van der Waals surface area (Å²) in [7, 11) is 0. The summed E-state index contributed by atoms with van der Waals surface area (Å²) < 4.78 is 73.4. The van der Waals surface area contributed by atoms with Crippen molar-refractivity contribution in [2.24, 2.45) is 17.8 Å². The Morgan fingerprint density at radius 1 is 0.840 bits per heavy atom. The van der Waals surface area contributed by atoms with Crippen LogP contribution in [0.1, 0.15) is 35.4 Å². The summed E-state index contributed by atoms with van der Waals surface area (Å²) in [5, 5.41) is 11.5. The average Bonchev–Trinajstić information content (AvgIpc) is 3.42. The highest BCUT2D eigenvalue weighted by Crippen LogP contribution is 2.66. The number of likely N-dealkylation sites (tertiary alicyclic amines) is 1. The van der Waals surface area contributed by atoms with E-state index in [0.29, 0.717) is 11.1 Å². The van der Waals surface area contributed by atoms with Crippen molar-refractivity contribution in [3.05, 3.63) is 119 Å². The van der Waals surface area contributed by atoms with Gasteiger partial charge in [-0.2, -0.15) is 0 Å². The Morgan fingerprint density at radius 3 is 2.12 bits per heavy atom. The molecule has 6 atom stereocenters. The van der Waals surface area contributed by atoms with Gasteiger partial charge in [-0.3, -0.25) is 24.1 Å². The topological polar surface area (TPSA) is 95.0 Å². The van der Waals surface area contributed by atoms with E-state index in [-0.39, 0.29) is 35.4 Å². The molecule has 258 valence electrons. The predicted molar refractivity (Wildman–Crippen MR) is 170 cm³/mol. The largest absolute Gasteiger partial charge is 0.507 e. The number of phenolic OH excluding ortho intramolecular Hbond substituents is 1. The van der Waals surface area contributed by atoms with Crippen LogP contribution in [0.3, 0.4) is 0 Å². The minimum atomic E-state index is -2.74. The summed E-state index contributed by atoms with van der Waals surface area (Å²) in [5.41, 5.74) is -0.715. The van der Waals surface area contributed by atoms with Crippen molar-refractivity contribution in [3.63, 3.8) is 0 Å². The van der Waals surface area contributed by atoms with Crippen molar-refractivity contribution < 1.29 is 46.2 Å². The first kappa shape index (κ1) is 33.9. The molecule has 6 unspecified atom stereocenters. The van der Waals surface area contributed by atoms with Crippen LogP contribution in [-0.4, -0.2) is 43.4 Å². The van der Waals surface area contributed by atoms with Crippen LogP contribution in [0.4, 0.5) is 27.6 Å². The van der Waals surface area contributed by atoms with Crippen molar-refractivity contribution in [3.8, 4) is 5.75 Å². The Balaban J connectivity index is 1.43. The number of fused-ring (bicyclic) bond motifs is 4. The third-order valence-electron chi connectivity index (χ3n) is 10.3. The average molecular weight is 732 g/mol. The molecule has 2 aliphatic carbocycles. The van der Waals surface area contributed by atoms with E-state index in [1.54, 1.807) is 42.5 Å². The molecule has 1 N–H and O–H groups in total. The number of carbonyl (C=O) groups excluding carboxylic acids is 4. The van der Waals surface area contributed by atoms with Crippen LogP contribution in [-0.2, 0) is 32.1 Å². The standard InChI is InChI=1S/C36H25Cl2F5N2O5/c1-2-7-17-10-6-11-20(30(17)46)23-18-12-13-19-22(32(48)44(31(19)47)15-16-8-4-3-5-9-16)21(18)14-35(37)33(49)45(34(50)36(23,35)38)29-27(42)25(40)24(39)26(41)28(29)43/h2-6,8-12,19,21-23,46H,1,7,13-15H2. The van der Waals surface area contributed by atoms with Gasteiger partial charge in [-0.25, -0.2) is 26.9 Å². The lowest BCUT2D eigenvalue weighted by Gasteiger charge is -2.50. The Kier molecular flexibility index (Phi) is 7.98. The SMILES string of the molecule is C=CCc1cccc(C2C3=CCC4C(=O)N(Cc5ccccc5)C(=O)C4C3CC3(Cl)C(=O)N(c4c(F)c(F)c(F)c(F)c4F)C(=O)C23Cl)c1O. The third kappa shape index (κ3) is 4.40. The second-order valence-electron chi connectivity index (χ2n) is 12.8. The van der Waals surface area contributed by atoms with Gasteiger partial charge in [-0.15, -0.1) is 29.8 Å². The van der Waals surface area contributed by atoms with Gasteiger partial charge in [-0.1, -0.05) is 66.3 Å². The van der Waals surface area contributed by atoms with Crippen molar-refractivity contribution in [1.82, 2.24) is 4.90 Å². The number of carbonyl (C=O) groups is 4. The number of anilines is 1. The van der Waals surface area contributed by atoms with Crippen LogP contribution >= 0.6 is 23.2 Å². The monoisotopic (exact) mass is 730 g/mol. The Hall–Kier alpha value is -4.55. The van der Waals surface area contributed by atoms with E-state index in [9.17, 15) is 37.5 Å². The molecule has 50 heavy (non-hydrogen) atoms. The number of rotatable bonds is 6. The summed E-state index contributed by atoms with van der Waals surface area (Å²) in [6.07, 6.45) is 2.54. The zero-order chi connectivity index (χ0) is 36.0. The first-order valence-electron chi connectivity index (χ1n) is 15.5. The summed E-state index contributed by atoms with van der Waals surface area (Å²) in [6.45, 7) is 3.61. The first-order chi connectivity index (χ1) is 23.7. The third-order valence-corrected chi connectivity index (χ3v) is 11.7. The number of para-hydroxylation sites is 1. The lowest BCUT2D eigenvalue weighted by atomic mass is 9.56. The number of hydrogen-bond acceptors (Lipinski definition) is 5. The molecule has 3 fully saturated rings. The van der Waals surface area contributed by atoms with E-state index in [1.807, 2.05) is 0 Å². The van der Waals surface area contributed by atoms with Gasteiger partial charge in [0.15, 0.2) is 33.0 Å². The van der Waals surface area contributed by atoms with Crippen LogP contribution < -0.4 is 4.90 Å². The zero-order valence-electron chi connectivity index (χ0n) is 25.7. The molecule has 0 radical (unpaired) electrons. The maximum atomic E-state index is 15.2. The van der Waals surface area contributed by atoms with Gasteiger partial charge in [0.1, 0.15) is 11.4 Å². The molecule has 3 aromatic rings. The molecule has 3 aromatic carbocycles. The zero-order valence-corrected chi connectivity index (χ0v) is 27.3. The quantitative estimate of drug-likeness (QED) is 0.0773. The minimum Gasteiger partial charge on any atom is -0.507 e. The van der Waals surface area contributed by atoms with Gasteiger partial charge < -0.3 is 5.11 Å². The first-order valence-corrected chi connectivity index (χ1v) is 16.2. The predicted octanol–water partition coefficient (Wildman–Crippen LogP) is 6.58. The van der Waals surface area contributed by atoms with Gasteiger partial charge in [0.2, 0.25) is 17.6 Å².